The van der Waals surface area contributed by atoms with Crippen LogP contribution >= 0.6 is 0 Å². The first-order chi connectivity index (χ1) is 24.3. The van der Waals surface area contributed by atoms with Crippen LogP contribution in [0.25, 0.3) is 34.0 Å². The van der Waals surface area contributed by atoms with E-state index in [0.717, 1.165) is 11.1 Å². The Labute approximate surface area is 288 Å². The zero-order valence-corrected chi connectivity index (χ0v) is 27.0. The number of fused-ring (bicyclic) bond motifs is 10. The highest BCUT2D eigenvalue weighted by Crippen LogP contribution is 2.62. The molecule has 1 aromatic heterocycles. The van der Waals surface area contributed by atoms with E-state index in [-0.39, 0.29) is 22.5 Å². The molecule has 242 valence electrons. The summed E-state index contributed by atoms with van der Waals surface area (Å²) in [4.78, 5) is 32.7. The SMILES string of the molecule is C/C=C(\C=C(/N)c1cc(C(=O)O)cc(C2C=C(/C=C/c3ccc4c(c3)C3(c5ccccc5-c5ccccc53)c3ccccc3-4)C=N2)n1)C(=O)O. The number of aliphatic imine (C=N–C) groups is 1. The predicted octanol–water partition coefficient (Wildman–Crippen LogP) is 8.22. The number of aromatic carboxylic acids is 1. The monoisotopic (exact) mass is 653 g/mol. The maximum absolute atomic E-state index is 12.0. The summed E-state index contributed by atoms with van der Waals surface area (Å²) in [6.45, 7) is 1.58. The fourth-order valence-corrected chi connectivity index (χ4v) is 7.59. The van der Waals surface area contributed by atoms with Crippen LogP contribution in [-0.4, -0.2) is 33.4 Å². The van der Waals surface area contributed by atoms with Crippen LogP contribution < -0.4 is 5.73 Å². The number of rotatable bonds is 7. The van der Waals surface area contributed by atoms with Gasteiger partial charge in [-0.3, -0.25) is 4.99 Å². The van der Waals surface area contributed by atoms with Crippen molar-refractivity contribution in [3.05, 3.63) is 183 Å². The summed E-state index contributed by atoms with van der Waals surface area (Å²) < 4.78 is 0. The van der Waals surface area contributed by atoms with E-state index in [4.69, 9.17) is 5.73 Å². The summed E-state index contributed by atoms with van der Waals surface area (Å²) in [5.74, 6) is -2.30. The zero-order chi connectivity index (χ0) is 34.6. The van der Waals surface area contributed by atoms with Crippen LogP contribution in [0.5, 0.6) is 0 Å². The van der Waals surface area contributed by atoms with E-state index in [1.54, 1.807) is 13.1 Å². The summed E-state index contributed by atoms with van der Waals surface area (Å²) in [6, 6.07) is 35.1. The molecule has 4 N–H and O–H groups in total. The van der Waals surface area contributed by atoms with Crippen LogP contribution in [0.3, 0.4) is 0 Å². The average Bonchev–Trinajstić information content (AvgIpc) is 3.82. The van der Waals surface area contributed by atoms with E-state index < -0.39 is 23.4 Å². The highest BCUT2D eigenvalue weighted by Gasteiger charge is 2.51. The number of nitrogens with two attached hydrogens (primary N) is 1. The molecule has 0 radical (unpaired) electrons. The van der Waals surface area contributed by atoms with Gasteiger partial charge in [0.05, 0.1) is 33.6 Å². The summed E-state index contributed by atoms with van der Waals surface area (Å²) >= 11 is 0. The lowest BCUT2D eigenvalue weighted by molar-refractivity contribution is -0.132. The van der Waals surface area contributed by atoms with E-state index in [0.29, 0.717) is 5.69 Å². The number of benzene rings is 4. The highest BCUT2D eigenvalue weighted by atomic mass is 16.4. The minimum absolute atomic E-state index is 0.0191. The van der Waals surface area contributed by atoms with Crippen molar-refractivity contribution in [2.75, 3.05) is 0 Å². The number of hydrogen-bond donors (Lipinski definition) is 3. The molecule has 3 aliphatic rings. The predicted molar refractivity (Wildman–Crippen MR) is 196 cm³/mol. The van der Waals surface area contributed by atoms with Gasteiger partial charge in [0.1, 0.15) is 6.04 Å². The Balaban J connectivity index is 1.16. The molecule has 2 aliphatic carbocycles. The van der Waals surface area contributed by atoms with Crippen LogP contribution in [0.2, 0.25) is 0 Å². The van der Waals surface area contributed by atoms with Crippen LogP contribution in [0.1, 0.15) is 62.5 Å². The lowest BCUT2D eigenvalue weighted by atomic mass is 9.70. The number of aliphatic carboxylic acids is 1. The minimum atomic E-state index is -1.15. The van der Waals surface area contributed by atoms with Gasteiger partial charge in [-0.2, -0.15) is 0 Å². The Morgan fingerprint density at radius 3 is 1.94 bits per heavy atom. The summed E-state index contributed by atoms with van der Waals surface area (Å²) in [5.41, 5.74) is 18.3. The molecular formula is C43H31N3O4. The molecule has 1 atom stereocenters. The van der Waals surface area contributed by atoms with Crippen molar-refractivity contribution < 1.29 is 19.8 Å². The second-order valence-electron chi connectivity index (χ2n) is 12.5. The number of hydrogen-bond acceptors (Lipinski definition) is 5. The van der Waals surface area contributed by atoms with Gasteiger partial charge >= 0.3 is 11.9 Å². The molecule has 5 aromatic rings. The average molecular weight is 654 g/mol. The highest BCUT2D eigenvalue weighted by molar-refractivity contribution is 5.96. The molecule has 0 fully saturated rings. The van der Waals surface area contributed by atoms with Gasteiger partial charge in [-0.15, -0.1) is 0 Å². The zero-order valence-electron chi connectivity index (χ0n) is 27.0. The first-order valence-electron chi connectivity index (χ1n) is 16.3. The summed E-state index contributed by atoms with van der Waals surface area (Å²) in [7, 11) is 0. The van der Waals surface area contributed by atoms with Gasteiger partial charge in [-0.1, -0.05) is 103 Å². The number of pyridine rings is 1. The van der Waals surface area contributed by atoms with Crippen molar-refractivity contribution in [1.82, 2.24) is 4.98 Å². The van der Waals surface area contributed by atoms with Gasteiger partial charge in [0.15, 0.2) is 0 Å². The third-order valence-electron chi connectivity index (χ3n) is 9.78. The van der Waals surface area contributed by atoms with Crippen molar-refractivity contribution in [3.63, 3.8) is 0 Å². The van der Waals surface area contributed by atoms with E-state index in [2.05, 4.69) is 107 Å². The van der Waals surface area contributed by atoms with Crippen molar-refractivity contribution in [2.45, 2.75) is 18.4 Å². The maximum atomic E-state index is 12.0. The van der Waals surface area contributed by atoms with Crippen molar-refractivity contribution in [3.8, 4) is 22.3 Å². The van der Waals surface area contributed by atoms with Crippen LogP contribution in [0.4, 0.5) is 0 Å². The molecule has 0 bridgehead atoms. The van der Waals surface area contributed by atoms with Crippen molar-refractivity contribution in [1.29, 1.82) is 0 Å². The third-order valence-corrected chi connectivity index (χ3v) is 9.78. The first-order valence-corrected chi connectivity index (χ1v) is 16.3. The van der Waals surface area contributed by atoms with E-state index >= 15 is 0 Å². The third kappa shape index (κ3) is 4.74. The van der Waals surface area contributed by atoms with Gasteiger partial charge in [0, 0.05) is 6.21 Å². The maximum Gasteiger partial charge on any atom is 0.335 e. The molecule has 8 rings (SSSR count). The fraction of sp³-hybridized carbons (Fsp3) is 0.0698. The van der Waals surface area contributed by atoms with Crippen molar-refractivity contribution in [2.24, 2.45) is 10.7 Å². The Bertz CT molecular complexity index is 2370. The van der Waals surface area contributed by atoms with Crippen molar-refractivity contribution >= 4 is 29.9 Å². The second-order valence-corrected chi connectivity index (χ2v) is 12.5. The molecule has 1 unspecified atom stereocenters. The fourth-order valence-electron chi connectivity index (χ4n) is 7.59. The summed E-state index contributed by atoms with van der Waals surface area (Å²) in [6.07, 6.45) is 10.4. The molecular weight excluding hydrogens is 622 g/mol. The number of carboxylic acids is 2. The lowest BCUT2D eigenvalue weighted by Crippen LogP contribution is -2.25. The van der Waals surface area contributed by atoms with Gasteiger partial charge in [0.25, 0.3) is 0 Å². The molecule has 50 heavy (non-hydrogen) atoms. The van der Waals surface area contributed by atoms with E-state index in [1.807, 2.05) is 12.2 Å². The quantitative estimate of drug-likeness (QED) is 0.118. The topological polar surface area (TPSA) is 126 Å². The molecule has 0 amide bonds. The minimum Gasteiger partial charge on any atom is -0.478 e. The Morgan fingerprint density at radius 1 is 0.760 bits per heavy atom. The Hall–Kier alpha value is -6.60. The number of nitrogens with zero attached hydrogens (tertiary/aromatic N) is 2. The Kier molecular flexibility index (Phi) is 7.26. The molecule has 1 spiro atoms. The molecule has 4 aromatic carbocycles. The van der Waals surface area contributed by atoms with Gasteiger partial charge in [-0.05, 0) is 92.9 Å². The van der Waals surface area contributed by atoms with Gasteiger partial charge in [-0.25, -0.2) is 14.6 Å². The number of carbonyl (C=O) groups is 2. The van der Waals surface area contributed by atoms with Crippen LogP contribution in [0.15, 0.2) is 144 Å². The van der Waals surface area contributed by atoms with E-state index in [9.17, 15) is 19.8 Å². The number of carboxylic acid groups (broad SMARTS) is 2. The Morgan fingerprint density at radius 2 is 1.36 bits per heavy atom. The lowest BCUT2D eigenvalue weighted by Gasteiger charge is -2.30. The van der Waals surface area contributed by atoms with Crippen LogP contribution in [0, 0.1) is 0 Å². The molecule has 1 aliphatic heterocycles. The molecule has 0 saturated carbocycles. The van der Waals surface area contributed by atoms with E-state index in [1.165, 1.54) is 68.8 Å². The summed E-state index contributed by atoms with van der Waals surface area (Å²) in [5, 5.41) is 19.2. The standard InChI is InChI=1S/C43H31N3O4/c1-2-27(41(47)48)21-37(44)38-22-28(42(49)50)23-40(46-38)39-20-26(24-45-39)16-15-25-17-18-32-31-11-5-8-14-35(31)43(36(32)19-25)33-12-6-3-9-29(33)30-10-4-7-13-34(30)43/h2-24,39H,44H2,1H3,(H,47,48)(H,49,50)/b16-15+,27-2+,37-21-. The van der Waals surface area contributed by atoms with Gasteiger partial charge in [0.2, 0.25) is 0 Å². The normalized spacial score (nSPS) is 16.7. The largest absolute Gasteiger partial charge is 0.478 e. The number of allylic oxidation sites excluding steroid dienone is 3. The molecule has 0 saturated heterocycles. The number of aromatic nitrogens is 1. The smallest absolute Gasteiger partial charge is 0.335 e. The molecule has 7 nitrogen and oxygen atoms in total. The molecule has 7 heteroatoms. The van der Waals surface area contributed by atoms with Gasteiger partial charge < -0.3 is 15.9 Å². The molecule has 2 heterocycles. The first kappa shape index (κ1) is 30.7. The second kappa shape index (κ2) is 11.8. The van der Waals surface area contributed by atoms with Crippen LogP contribution in [-0.2, 0) is 10.2 Å².